The molecule has 0 saturated heterocycles. The topological polar surface area (TPSA) is 70.8 Å². The van der Waals surface area contributed by atoms with E-state index in [0.29, 0.717) is 12.0 Å². The quantitative estimate of drug-likeness (QED) is 0.107. The molecule has 0 heterocycles. The Balaban J connectivity index is 0.000000710. The zero-order chi connectivity index (χ0) is 32.2. The van der Waals surface area contributed by atoms with Crippen LogP contribution in [0.15, 0.2) is 64.6 Å². The number of benzene rings is 3. The minimum Gasteiger partial charge on any atom is -0.873 e. The maximum atomic E-state index is 11.0. The molecule has 0 amide bonds. The summed E-state index contributed by atoms with van der Waals surface area (Å²) >= 11 is 0. The van der Waals surface area contributed by atoms with Gasteiger partial charge in [-0.1, -0.05) is 103 Å². The number of rotatable bonds is 17. The summed E-state index contributed by atoms with van der Waals surface area (Å²) in [6.45, 7) is 13.1. The molecule has 0 spiro atoms. The predicted molar refractivity (Wildman–Crippen MR) is 188 cm³/mol. The van der Waals surface area contributed by atoms with Gasteiger partial charge in [-0.3, -0.25) is 9.98 Å². The maximum Gasteiger partial charge on any atom is 2.00 e. The molecule has 248 valence electrons. The van der Waals surface area contributed by atoms with Crippen molar-refractivity contribution in [3.63, 3.8) is 0 Å². The van der Waals surface area contributed by atoms with Crippen LogP contribution in [0.5, 0.6) is 11.5 Å². The van der Waals surface area contributed by atoms with Crippen LogP contribution >= 0.6 is 0 Å². The van der Waals surface area contributed by atoms with E-state index in [4.69, 9.17) is 9.98 Å². The van der Waals surface area contributed by atoms with E-state index in [-0.39, 0.29) is 22.2 Å². The fourth-order valence-corrected chi connectivity index (χ4v) is 5.22. The summed E-state index contributed by atoms with van der Waals surface area (Å²) < 4.78 is 0. The largest absolute Gasteiger partial charge is 2.00 e. The number of unbranched alkanes of at least 4 members (excludes halogenated alkanes) is 4. The van der Waals surface area contributed by atoms with Crippen LogP contribution < -0.4 is 10.2 Å². The van der Waals surface area contributed by atoms with E-state index >= 15 is 0 Å². The van der Waals surface area contributed by atoms with Gasteiger partial charge in [0.1, 0.15) is 0 Å². The van der Waals surface area contributed by atoms with Crippen molar-refractivity contribution in [2.75, 3.05) is 0 Å². The Morgan fingerprint density at radius 2 is 1.07 bits per heavy atom. The van der Waals surface area contributed by atoms with Gasteiger partial charge in [-0.05, 0) is 111 Å². The molecule has 0 fully saturated rings. The third-order valence-electron chi connectivity index (χ3n) is 7.86. The first kappa shape index (κ1) is 40.1. The van der Waals surface area contributed by atoms with Crippen LogP contribution in [0.25, 0.3) is 0 Å². The number of nitrogens with zero attached hydrogens (tertiary/aromatic N) is 2. The minimum absolute atomic E-state index is 0. The molecular weight excluding hydrogens is 599 g/mol. The summed E-state index contributed by atoms with van der Waals surface area (Å²) in [6, 6.07) is 18.1. The molecule has 4 nitrogen and oxygen atoms in total. The standard InChI is InChI=1S/C31H46N2.C9H12O2.Ni/c1-6-10-14-26-18-20-30(22-28(26)16-12-8-3)32-24-25(5)33-31-21-19-27(15-11-7-2)29(23-31)17-13-9-4;1-2-4-7-5-3-6-8(10)9(7)11;/h18-24H,6-17H2,1-5H3;3,5-6,10-11H,2,4H2,1H3;/q;;+2/p-2. The normalized spacial score (nSPS) is 11.3. The maximum absolute atomic E-state index is 11.0. The van der Waals surface area contributed by atoms with Gasteiger partial charge < -0.3 is 10.2 Å². The van der Waals surface area contributed by atoms with E-state index in [9.17, 15) is 10.2 Å². The molecule has 0 saturated carbocycles. The number of hydrogen-bond donors (Lipinski definition) is 0. The molecule has 3 aromatic rings. The van der Waals surface area contributed by atoms with Gasteiger partial charge in [-0.15, -0.1) is 11.5 Å². The average Bonchev–Trinajstić information content (AvgIpc) is 3.03. The van der Waals surface area contributed by atoms with Crippen molar-refractivity contribution in [1.82, 2.24) is 0 Å². The Morgan fingerprint density at radius 3 is 1.58 bits per heavy atom. The van der Waals surface area contributed by atoms with Crippen molar-refractivity contribution in [3.05, 3.63) is 82.4 Å². The van der Waals surface area contributed by atoms with Crippen molar-refractivity contribution >= 4 is 23.3 Å². The van der Waals surface area contributed by atoms with E-state index in [2.05, 4.69) is 64.1 Å². The monoisotopic (exact) mass is 654 g/mol. The van der Waals surface area contributed by atoms with Gasteiger partial charge in [0.2, 0.25) is 0 Å². The van der Waals surface area contributed by atoms with Crippen molar-refractivity contribution < 1.29 is 26.7 Å². The van der Waals surface area contributed by atoms with Gasteiger partial charge in [0.25, 0.3) is 0 Å². The second-order valence-electron chi connectivity index (χ2n) is 11.8. The van der Waals surface area contributed by atoms with Gasteiger partial charge in [-0.2, -0.15) is 0 Å². The molecule has 3 aromatic carbocycles. The van der Waals surface area contributed by atoms with Crippen LogP contribution in [-0.4, -0.2) is 11.9 Å². The molecule has 0 aliphatic rings. The first-order chi connectivity index (χ1) is 21.4. The second-order valence-corrected chi connectivity index (χ2v) is 11.8. The summed E-state index contributed by atoms with van der Waals surface area (Å²) in [5.74, 6) is -0.731. The molecular formula is C40H56N2NiO2. The third kappa shape index (κ3) is 14.8. The van der Waals surface area contributed by atoms with Crippen LogP contribution in [0, 0.1) is 0 Å². The van der Waals surface area contributed by atoms with E-state index in [0.717, 1.165) is 36.3 Å². The fourth-order valence-electron chi connectivity index (χ4n) is 5.22. The van der Waals surface area contributed by atoms with Crippen molar-refractivity contribution in [1.29, 1.82) is 0 Å². The Morgan fingerprint density at radius 1 is 0.578 bits per heavy atom. The molecule has 0 bridgehead atoms. The number of para-hydroxylation sites is 1. The molecule has 0 aliphatic carbocycles. The molecule has 0 aliphatic heterocycles. The Hall–Kier alpha value is -2.91. The Bertz CT molecular complexity index is 1320. The summed E-state index contributed by atoms with van der Waals surface area (Å²) in [5.41, 5.74) is 9.61. The first-order valence-electron chi connectivity index (χ1n) is 17.1. The number of hydrogen-bond acceptors (Lipinski definition) is 4. The van der Waals surface area contributed by atoms with E-state index in [1.807, 2.05) is 20.1 Å². The summed E-state index contributed by atoms with van der Waals surface area (Å²) in [7, 11) is 0. The van der Waals surface area contributed by atoms with Crippen LogP contribution in [-0.2, 0) is 48.6 Å². The minimum atomic E-state index is -0.393. The van der Waals surface area contributed by atoms with Gasteiger partial charge in [-0.25, -0.2) is 0 Å². The fraction of sp³-hybridized carbons (Fsp3) is 0.500. The molecule has 0 N–H and O–H groups in total. The van der Waals surface area contributed by atoms with Crippen LogP contribution in [0.4, 0.5) is 11.4 Å². The molecule has 0 aromatic heterocycles. The Labute approximate surface area is 284 Å². The van der Waals surface area contributed by atoms with Crippen LogP contribution in [0.2, 0.25) is 0 Å². The van der Waals surface area contributed by atoms with Crippen LogP contribution in [0.1, 0.15) is 127 Å². The molecule has 0 unspecified atom stereocenters. The van der Waals surface area contributed by atoms with E-state index in [1.54, 1.807) is 12.1 Å². The number of aliphatic imine (C=N–C) groups is 2. The SMILES string of the molecule is CCCCc1ccc(N=CC(C)=Nc2ccc(CCCC)c(CCCC)c2)cc1CCCC.CCCc1cccc([O-])c1[O-].[Ni+2]. The van der Waals surface area contributed by atoms with E-state index < -0.39 is 5.75 Å². The summed E-state index contributed by atoms with van der Waals surface area (Å²) in [5, 5.41) is 21.8. The third-order valence-corrected chi connectivity index (χ3v) is 7.86. The van der Waals surface area contributed by atoms with Crippen molar-refractivity contribution in [3.8, 4) is 11.5 Å². The van der Waals surface area contributed by atoms with Gasteiger partial charge >= 0.3 is 16.5 Å². The molecule has 5 heteroatoms. The first-order valence-corrected chi connectivity index (χ1v) is 17.1. The zero-order valence-corrected chi connectivity index (χ0v) is 29.7. The smallest absolute Gasteiger partial charge is 0.873 e. The van der Waals surface area contributed by atoms with Gasteiger partial charge in [0.15, 0.2) is 0 Å². The van der Waals surface area contributed by atoms with Gasteiger partial charge in [0, 0.05) is 6.21 Å². The summed E-state index contributed by atoms with van der Waals surface area (Å²) in [6.07, 6.45) is 18.1. The molecule has 0 atom stereocenters. The van der Waals surface area contributed by atoms with Crippen molar-refractivity contribution in [2.24, 2.45) is 9.98 Å². The molecule has 3 rings (SSSR count). The molecule has 45 heavy (non-hydrogen) atoms. The zero-order valence-electron chi connectivity index (χ0n) is 28.7. The average molecular weight is 656 g/mol. The summed E-state index contributed by atoms with van der Waals surface area (Å²) in [4.78, 5) is 9.63. The van der Waals surface area contributed by atoms with Crippen LogP contribution in [0.3, 0.4) is 0 Å². The van der Waals surface area contributed by atoms with Crippen molar-refractivity contribution in [2.45, 2.75) is 131 Å². The Kier molecular flexibility index (Phi) is 20.9. The molecule has 0 radical (unpaired) electrons. The van der Waals surface area contributed by atoms with E-state index in [1.165, 1.54) is 92.5 Å². The number of aryl methyl sites for hydroxylation is 5. The second kappa shape index (κ2) is 23.4. The predicted octanol–water partition coefficient (Wildman–Crippen LogP) is 10.3. The van der Waals surface area contributed by atoms with Gasteiger partial charge in [0.05, 0.1) is 17.1 Å².